The molecule has 2 unspecified atom stereocenters. The highest BCUT2D eigenvalue weighted by Crippen LogP contribution is 2.34. The van der Waals surface area contributed by atoms with Crippen molar-refractivity contribution in [1.29, 1.82) is 0 Å². The van der Waals surface area contributed by atoms with Crippen LogP contribution in [0.3, 0.4) is 0 Å². The summed E-state index contributed by atoms with van der Waals surface area (Å²) in [5.41, 5.74) is -0.882. The Bertz CT molecular complexity index is 756. The second-order valence-electron chi connectivity index (χ2n) is 6.82. The number of rotatable bonds is 5. The number of anilines is 1. The Hall–Kier alpha value is -1.30. The van der Waals surface area contributed by atoms with Crippen LogP contribution in [-0.2, 0) is 12.7 Å². The molecular weight excluding hydrogens is 471 g/mol. The van der Waals surface area contributed by atoms with Gasteiger partial charge in [0.15, 0.2) is 5.50 Å². The van der Waals surface area contributed by atoms with Crippen LogP contribution < -0.4 is 10.6 Å². The fraction of sp³-hybridized carbons (Fsp3) is 0.556. The molecule has 1 saturated heterocycles. The number of carbonyl (C=O) groups is 1. The summed E-state index contributed by atoms with van der Waals surface area (Å²) in [6.45, 7) is 6.45. The van der Waals surface area contributed by atoms with Gasteiger partial charge in [-0.15, -0.1) is 0 Å². The van der Waals surface area contributed by atoms with Gasteiger partial charge in [-0.25, -0.2) is 4.79 Å². The number of halogens is 4. The predicted octanol–water partition coefficient (Wildman–Crippen LogP) is 3.79. The Balaban J connectivity index is 1.66. The smallest absolute Gasteiger partial charge is 0.308 e. The van der Waals surface area contributed by atoms with Crippen LogP contribution in [0.25, 0.3) is 0 Å². The molecular formula is C18H23BrF3N5OS. The molecule has 0 radical (unpaired) electrons. The number of thioether (sulfide) groups is 1. The Kier molecular flexibility index (Phi) is 7.47. The number of hydrogen-bond donors (Lipinski definition) is 2. The largest absolute Gasteiger partial charge is 0.416 e. The Morgan fingerprint density at radius 3 is 2.55 bits per heavy atom. The first-order valence-electron chi connectivity index (χ1n) is 9.30. The van der Waals surface area contributed by atoms with E-state index in [9.17, 15) is 18.0 Å². The van der Waals surface area contributed by atoms with Gasteiger partial charge in [0.1, 0.15) is 0 Å². The quantitative estimate of drug-likeness (QED) is 0.612. The molecule has 6 nitrogen and oxygen atoms in total. The fourth-order valence-electron chi connectivity index (χ4n) is 3.25. The maximum absolute atomic E-state index is 13.6. The third kappa shape index (κ3) is 6.34. The Morgan fingerprint density at radius 1 is 1.28 bits per heavy atom. The second kappa shape index (κ2) is 9.67. The van der Waals surface area contributed by atoms with Crippen LogP contribution >= 0.6 is 27.7 Å². The summed E-state index contributed by atoms with van der Waals surface area (Å²) in [7, 11) is 0. The average Bonchev–Trinajstić information content (AvgIpc) is 3.07. The number of benzene rings is 1. The SMILES string of the molecule is CCN1CCN(Cc2ccc(NC(=O)NC3N=CC(Br)S3)cc2C(F)(F)F)CC1. The van der Waals surface area contributed by atoms with Crippen molar-refractivity contribution in [2.24, 2.45) is 4.99 Å². The molecule has 0 bridgehead atoms. The number of hydrogen-bond acceptors (Lipinski definition) is 5. The Morgan fingerprint density at radius 2 is 1.97 bits per heavy atom. The lowest BCUT2D eigenvalue weighted by Gasteiger charge is -2.34. The number of alkyl halides is 4. The fourth-order valence-corrected chi connectivity index (χ4v) is 4.70. The van der Waals surface area contributed by atoms with E-state index in [1.54, 1.807) is 6.21 Å². The van der Waals surface area contributed by atoms with Crippen molar-refractivity contribution in [3.63, 3.8) is 0 Å². The number of piperazine rings is 1. The molecule has 0 aromatic heterocycles. The number of nitrogens with one attached hydrogen (secondary N) is 2. The van der Waals surface area contributed by atoms with Gasteiger partial charge in [-0.2, -0.15) is 13.2 Å². The minimum Gasteiger partial charge on any atom is -0.308 e. The summed E-state index contributed by atoms with van der Waals surface area (Å²) in [5.74, 6) is 0. The zero-order valence-corrected chi connectivity index (χ0v) is 18.3. The molecule has 2 N–H and O–H groups in total. The summed E-state index contributed by atoms with van der Waals surface area (Å²) in [6.07, 6.45) is -2.85. The zero-order chi connectivity index (χ0) is 21.0. The van der Waals surface area contributed by atoms with Crippen molar-refractivity contribution in [3.8, 4) is 0 Å². The van der Waals surface area contributed by atoms with Gasteiger partial charge >= 0.3 is 12.2 Å². The highest BCUT2D eigenvalue weighted by molar-refractivity contribution is 9.11. The van der Waals surface area contributed by atoms with E-state index in [1.165, 1.54) is 23.9 Å². The van der Waals surface area contributed by atoms with E-state index in [0.29, 0.717) is 0 Å². The highest BCUT2D eigenvalue weighted by atomic mass is 79.9. The number of likely N-dealkylation sites (N-methyl/N-ethyl adjacent to an activating group) is 1. The molecule has 2 atom stereocenters. The number of urea groups is 1. The van der Waals surface area contributed by atoms with Crippen molar-refractivity contribution >= 4 is 45.6 Å². The first-order valence-corrected chi connectivity index (χ1v) is 11.2. The molecule has 2 aliphatic heterocycles. The third-order valence-electron chi connectivity index (χ3n) is 4.83. The van der Waals surface area contributed by atoms with Crippen molar-refractivity contribution in [2.45, 2.75) is 29.3 Å². The van der Waals surface area contributed by atoms with Crippen LogP contribution in [-0.4, -0.2) is 64.4 Å². The molecule has 2 aliphatic rings. The van der Waals surface area contributed by atoms with Gasteiger partial charge in [-0.1, -0.05) is 40.7 Å². The van der Waals surface area contributed by atoms with Crippen LogP contribution in [0.15, 0.2) is 23.2 Å². The van der Waals surface area contributed by atoms with E-state index < -0.39 is 23.3 Å². The van der Waals surface area contributed by atoms with Gasteiger partial charge in [0, 0.05) is 44.6 Å². The second-order valence-corrected chi connectivity index (χ2v) is 9.64. The van der Waals surface area contributed by atoms with Crippen LogP contribution in [0, 0.1) is 0 Å². The number of amides is 2. The topological polar surface area (TPSA) is 60.0 Å². The lowest BCUT2D eigenvalue weighted by atomic mass is 10.0. The van der Waals surface area contributed by atoms with Crippen molar-refractivity contribution in [1.82, 2.24) is 15.1 Å². The molecule has 0 saturated carbocycles. The third-order valence-corrected chi connectivity index (χ3v) is 6.59. The van der Waals surface area contributed by atoms with Crippen LogP contribution in [0.1, 0.15) is 18.1 Å². The molecule has 0 spiro atoms. The molecule has 1 fully saturated rings. The van der Waals surface area contributed by atoms with Crippen molar-refractivity contribution in [3.05, 3.63) is 29.3 Å². The van der Waals surface area contributed by atoms with E-state index in [0.717, 1.165) is 38.8 Å². The normalized spacial score (nSPS) is 23.3. The van der Waals surface area contributed by atoms with E-state index >= 15 is 0 Å². The first kappa shape index (κ1) is 22.4. The lowest BCUT2D eigenvalue weighted by molar-refractivity contribution is -0.138. The molecule has 29 heavy (non-hydrogen) atoms. The minimum atomic E-state index is -4.50. The van der Waals surface area contributed by atoms with Gasteiger partial charge in [0.05, 0.1) is 9.72 Å². The summed E-state index contributed by atoms with van der Waals surface area (Å²) < 4.78 is 40.9. The highest BCUT2D eigenvalue weighted by Gasteiger charge is 2.34. The summed E-state index contributed by atoms with van der Waals surface area (Å²) in [6, 6.07) is 3.35. The Labute approximate surface area is 180 Å². The van der Waals surface area contributed by atoms with Gasteiger partial charge in [-0.3, -0.25) is 9.89 Å². The van der Waals surface area contributed by atoms with E-state index in [4.69, 9.17) is 0 Å². The molecule has 3 rings (SSSR count). The first-order chi connectivity index (χ1) is 13.7. The maximum atomic E-state index is 13.6. The lowest BCUT2D eigenvalue weighted by Crippen LogP contribution is -2.45. The monoisotopic (exact) mass is 493 g/mol. The molecule has 2 heterocycles. The molecule has 1 aromatic rings. The summed E-state index contributed by atoms with van der Waals surface area (Å²) >= 11 is 4.70. The molecule has 2 amide bonds. The van der Waals surface area contributed by atoms with Crippen LogP contribution in [0.2, 0.25) is 0 Å². The van der Waals surface area contributed by atoms with E-state index in [2.05, 4.69) is 43.4 Å². The molecule has 160 valence electrons. The number of carbonyl (C=O) groups excluding carboxylic acids is 1. The van der Waals surface area contributed by atoms with Crippen molar-refractivity contribution in [2.75, 3.05) is 38.0 Å². The summed E-state index contributed by atoms with van der Waals surface area (Å²) in [4.78, 5) is 20.5. The van der Waals surface area contributed by atoms with E-state index in [1.807, 2.05) is 4.90 Å². The van der Waals surface area contributed by atoms with E-state index in [-0.39, 0.29) is 22.0 Å². The number of nitrogens with zero attached hydrogens (tertiary/aromatic N) is 3. The summed E-state index contributed by atoms with van der Waals surface area (Å²) in [5, 5.41) is 5.06. The molecule has 0 aliphatic carbocycles. The maximum Gasteiger partial charge on any atom is 0.416 e. The van der Waals surface area contributed by atoms with Crippen LogP contribution in [0.5, 0.6) is 0 Å². The standard InChI is InChI=1S/C18H23BrF3N5OS/c1-2-26-5-7-27(8-6-26)11-12-3-4-13(9-14(12)18(20,21)22)24-16(28)25-17-23-10-15(19)29-17/h3-4,9-10,15,17H,2,5-8,11H2,1H3,(H2,24,25,28). The van der Waals surface area contributed by atoms with Gasteiger partial charge in [0.25, 0.3) is 0 Å². The minimum absolute atomic E-state index is 0.00288. The van der Waals surface area contributed by atoms with Crippen LogP contribution in [0.4, 0.5) is 23.7 Å². The number of aliphatic imine (C=N–C) groups is 1. The van der Waals surface area contributed by atoms with Gasteiger partial charge in [-0.05, 0) is 24.2 Å². The molecule has 1 aromatic carbocycles. The van der Waals surface area contributed by atoms with Gasteiger partial charge in [0.2, 0.25) is 0 Å². The van der Waals surface area contributed by atoms with Crippen molar-refractivity contribution < 1.29 is 18.0 Å². The predicted molar refractivity (Wildman–Crippen MR) is 114 cm³/mol. The zero-order valence-electron chi connectivity index (χ0n) is 15.9. The molecule has 11 heteroatoms. The average molecular weight is 494 g/mol. The van der Waals surface area contributed by atoms with Gasteiger partial charge < -0.3 is 15.5 Å².